The number of fused-ring (bicyclic) bond motifs is 1. The summed E-state index contributed by atoms with van der Waals surface area (Å²) in [5.41, 5.74) is 2.37. The van der Waals surface area contributed by atoms with Gasteiger partial charge in [0.2, 0.25) is 0 Å². The van der Waals surface area contributed by atoms with E-state index >= 15 is 0 Å². The molecule has 0 amide bonds. The Hall–Kier alpha value is -2.14. The molecule has 5 heteroatoms. The van der Waals surface area contributed by atoms with Gasteiger partial charge in [-0.25, -0.2) is 0 Å². The zero-order valence-corrected chi connectivity index (χ0v) is 16.6. The van der Waals surface area contributed by atoms with E-state index in [1.54, 1.807) is 0 Å². The number of nitrogens with zero attached hydrogens (tertiary/aromatic N) is 2. The van der Waals surface area contributed by atoms with Gasteiger partial charge in [-0.05, 0) is 52.8 Å². The van der Waals surface area contributed by atoms with Crippen molar-refractivity contribution in [2.45, 2.75) is 6.54 Å². The van der Waals surface area contributed by atoms with E-state index in [0.717, 1.165) is 48.5 Å². The normalized spacial score (nSPS) is 15.1. The first kappa shape index (κ1) is 18.2. The summed E-state index contributed by atoms with van der Waals surface area (Å²) < 4.78 is 0. The van der Waals surface area contributed by atoms with Crippen molar-refractivity contribution >= 4 is 45.4 Å². The topological polar surface area (TPSA) is 18.5 Å². The summed E-state index contributed by atoms with van der Waals surface area (Å²) in [6.45, 7) is 4.86. The van der Waals surface area contributed by atoms with Crippen molar-refractivity contribution in [3.8, 4) is 0 Å². The van der Waals surface area contributed by atoms with Crippen molar-refractivity contribution in [1.82, 2.24) is 9.80 Å². The third kappa shape index (κ3) is 4.41. The van der Waals surface area contributed by atoms with Crippen molar-refractivity contribution in [2.24, 2.45) is 0 Å². The Balaban J connectivity index is 1.34. The molecule has 1 saturated heterocycles. The maximum absolute atomic E-state index is 5.94. The van der Waals surface area contributed by atoms with E-state index in [9.17, 15) is 0 Å². The highest BCUT2D eigenvalue weighted by molar-refractivity contribution is 7.80. The Bertz CT molecular complexity index is 928. The molecule has 0 saturated carbocycles. The lowest BCUT2D eigenvalue weighted by Crippen LogP contribution is -2.49. The van der Waals surface area contributed by atoms with Gasteiger partial charge in [-0.3, -0.25) is 4.90 Å². The Labute approximate surface area is 170 Å². The lowest BCUT2D eigenvalue weighted by molar-refractivity contribution is 0.177. The highest BCUT2D eigenvalue weighted by Crippen LogP contribution is 2.21. The molecular formula is C22H22ClN3S. The van der Waals surface area contributed by atoms with Crippen LogP contribution in [0.2, 0.25) is 5.02 Å². The SMILES string of the molecule is S=C(Nc1ccc(Cl)cc1)N1CCN(Cc2cccc3ccccc23)CC1. The summed E-state index contributed by atoms with van der Waals surface area (Å²) in [6.07, 6.45) is 0. The molecule has 0 bridgehead atoms. The number of benzene rings is 3. The van der Waals surface area contributed by atoms with Gasteiger partial charge in [0.1, 0.15) is 0 Å². The Morgan fingerprint density at radius 3 is 2.37 bits per heavy atom. The van der Waals surface area contributed by atoms with Crippen LogP contribution in [-0.2, 0) is 6.54 Å². The minimum atomic E-state index is 0.730. The number of halogens is 1. The molecule has 1 aliphatic heterocycles. The van der Waals surface area contributed by atoms with Crippen molar-refractivity contribution in [3.05, 3.63) is 77.3 Å². The van der Waals surface area contributed by atoms with E-state index in [1.807, 2.05) is 24.3 Å². The van der Waals surface area contributed by atoms with Gasteiger partial charge < -0.3 is 10.2 Å². The number of hydrogen-bond acceptors (Lipinski definition) is 2. The maximum Gasteiger partial charge on any atom is 0.173 e. The van der Waals surface area contributed by atoms with Crippen LogP contribution in [0.1, 0.15) is 5.56 Å². The van der Waals surface area contributed by atoms with Crippen molar-refractivity contribution in [1.29, 1.82) is 0 Å². The average Bonchev–Trinajstić information content (AvgIpc) is 2.70. The van der Waals surface area contributed by atoms with E-state index < -0.39 is 0 Å². The van der Waals surface area contributed by atoms with Gasteiger partial charge in [0, 0.05) is 43.4 Å². The van der Waals surface area contributed by atoms with E-state index in [0.29, 0.717) is 0 Å². The summed E-state index contributed by atoms with van der Waals surface area (Å²) in [4.78, 5) is 4.74. The number of rotatable bonds is 3. The second kappa shape index (κ2) is 8.26. The van der Waals surface area contributed by atoms with Gasteiger partial charge in [-0.1, -0.05) is 54.1 Å². The quantitative estimate of drug-likeness (QED) is 0.628. The van der Waals surface area contributed by atoms with Crippen LogP contribution in [0.15, 0.2) is 66.7 Å². The molecule has 1 heterocycles. The first-order valence-electron chi connectivity index (χ1n) is 9.19. The van der Waals surface area contributed by atoms with E-state index in [2.05, 4.69) is 57.6 Å². The molecule has 3 nitrogen and oxygen atoms in total. The van der Waals surface area contributed by atoms with Gasteiger partial charge >= 0.3 is 0 Å². The second-order valence-electron chi connectivity index (χ2n) is 6.84. The predicted molar refractivity (Wildman–Crippen MR) is 118 cm³/mol. The van der Waals surface area contributed by atoms with Crippen molar-refractivity contribution in [3.63, 3.8) is 0 Å². The second-order valence-corrected chi connectivity index (χ2v) is 7.66. The molecule has 0 unspecified atom stereocenters. The smallest absolute Gasteiger partial charge is 0.173 e. The number of piperazine rings is 1. The summed E-state index contributed by atoms with van der Waals surface area (Å²) >= 11 is 11.5. The Kier molecular flexibility index (Phi) is 5.58. The van der Waals surface area contributed by atoms with E-state index in [1.165, 1.54) is 16.3 Å². The molecule has 0 aromatic heterocycles. The number of hydrogen-bond donors (Lipinski definition) is 1. The molecule has 0 radical (unpaired) electrons. The first-order chi connectivity index (χ1) is 13.2. The monoisotopic (exact) mass is 395 g/mol. The molecule has 3 aromatic carbocycles. The molecule has 4 rings (SSSR count). The minimum absolute atomic E-state index is 0.730. The van der Waals surface area contributed by atoms with Crippen LogP contribution in [0.5, 0.6) is 0 Å². The summed E-state index contributed by atoms with van der Waals surface area (Å²) in [5.74, 6) is 0. The molecule has 138 valence electrons. The zero-order valence-electron chi connectivity index (χ0n) is 15.1. The molecule has 1 N–H and O–H groups in total. The number of thiocarbonyl (C=S) groups is 1. The lowest BCUT2D eigenvalue weighted by Gasteiger charge is -2.36. The average molecular weight is 396 g/mol. The zero-order chi connectivity index (χ0) is 18.6. The van der Waals surface area contributed by atoms with E-state index in [-0.39, 0.29) is 0 Å². The van der Waals surface area contributed by atoms with Crippen molar-refractivity contribution in [2.75, 3.05) is 31.5 Å². The Morgan fingerprint density at radius 2 is 1.59 bits per heavy atom. The third-order valence-electron chi connectivity index (χ3n) is 5.03. The molecule has 0 atom stereocenters. The van der Waals surface area contributed by atoms with Gasteiger partial charge in [0.25, 0.3) is 0 Å². The fourth-order valence-corrected chi connectivity index (χ4v) is 3.94. The van der Waals surface area contributed by atoms with Crippen LogP contribution in [0.25, 0.3) is 10.8 Å². The van der Waals surface area contributed by atoms with Gasteiger partial charge in [-0.15, -0.1) is 0 Å². The molecule has 27 heavy (non-hydrogen) atoms. The standard InChI is InChI=1S/C22H22ClN3S/c23-19-8-10-20(11-9-19)24-22(27)26-14-12-25(13-15-26)16-18-6-3-5-17-4-1-2-7-21(17)18/h1-11H,12-16H2,(H,24,27). The Morgan fingerprint density at radius 1 is 0.889 bits per heavy atom. The van der Waals surface area contributed by atoms with Crippen LogP contribution in [0.4, 0.5) is 5.69 Å². The fraction of sp³-hybridized carbons (Fsp3) is 0.227. The largest absolute Gasteiger partial charge is 0.346 e. The predicted octanol–water partition coefficient (Wildman–Crippen LogP) is 5.01. The maximum atomic E-state index is 5.94. The molecule has 1 fully saturated rings. The fourth-order valence-electron chi connectivity index (χ4n) is 3.52. The lowest BCUT2D eigenvalue weighted by atomic mass is 10.0. The molecule has 0 spiro atoms. The summed E-state index contributed by atoms with van der Waals surface area (Å²) in [6, 6.07) is 22.8. The number of anilines is 1. The van der Waals surface area contributed by atoms with Crippen LogP contribution in [-0.4, -0.2) is 41.1 Å². The van der Waals surface area contributed by atoms with Crippen LogP contribution in [0.3, 0.4) is 0 Å². The van der Waals surface area contributed by atoms with Crippen molar-refractivity contribution < 1.29 is 0 Å². The highest BCUT2D eigenvalue weighted by atomic mass is 35.5. The van der Waals surface area contributed by atoms with Crippen LogP contribution < -0.4 is 5.32 Å². The third-order valence-corrected chi connectivity index (χ3v) is 5.64. The molecule has 0 aliphatic carbocycles. The molecule has 1 aliphatic rings. The van der Waals surface area contributed by atoms with Crippen LogP contribution in [0, 0.1) is 0 Å². The molecular weight excluding hydrogens is 374 g/mol. The van der Waals surface area contributed by atoms with Gasteiger partial charge in [-0.2, -0.15) is 0 Å². The van der Waals surface area contributed by atoms with Gasteiger partial charge in [0.15, 0.2) is 5.11 Å². The van der Waals surface area contributed by atoms with Crippen LogP contribution >= 0.6 is 23.8 Å². The van der Waals surface area contributed by atoms with E-state index in [4.69, 9.17) is 23.8 Å². The highest BCUT2D eigenvalue weighted by Gasteiger charge is 2.19. The molecule has 3 aromatic rings. The summed E-state index contributed by atoms with van der Waals surface area (Å²) in [5, 5.41) is 7.47. The minimum Gasteiger partial charge on any atom is -0.346 e. The van der Waals surface area contributed by atoms with Gasteiger partial charge in [0.05, 0.1) is 0 Å². The number of nitrogens with one attached hydrogen (secondary N) is 1. The first-order valence-corrected chi connectivity index (χ1v) is 9.98. The summed E-state index contributed by atoms with van der Waals surface area (Å²) in [7, 11) is 0.